The molecule has 4 atom stereocenters. The van der Waals surface area contributed by atoms with E-state index < -0.39 is 6.04 Å². The number of hydrogen-bond acceptors (Lipinski definition) is 4. The van der Waals surface area contributed by atoms with E-state index in [1.807, 2.05) is 43.3 Å². The van der Waals surface area contributed by atoms with Crippen LogP contribution >= 0.6 is 0 Å². The monoisotopic (exact) mass is 366 g/mol. The van der Waals surface area contributed by atoms with Gasteiger partial charge in [-0.05, 0) is 44.2 Å². The van der Waals surface area contributed by atoms with Crippen molar-refractivity contribution in [1.82, 2.24) is 4.90 Å². The molecule has 0 bridgehead atoms. The molecule has 1 saturated heterocycles. The molecule has 0 radical (unpaired) electrons. The van der Waals surface area contributed by atoms with Crippen LogP contribution in [0.15, 0.2) is 60.7 Å². The normalized spacial score (nSPS) is 22.3. The van der Waals surface area contributed by atoms with Crippen molar-refractivity contribution in [1.29, 1.82) is 0 Å². The largest absolute Gasteiger partial charge is 0.461 e. The van der Waals surface area contributed by atoms with Crippen molar-refractivity contribution < 1.29 is 9.53 Å². The summed E-state index contributed by atoms with van der Waals surface area (Å²) >= 11 is 0. The zero-order chi connectivity index (χ0) is 19.2. The molecular formula is C23H30N2O2. The topological polar surface area (TPSA) is 55.6 Å². The van der Waals surface area contributed by atoms with Gasteiger partial charge in [0.15, 0.2) is 0 Å². The maximum Gasteiger partial charge on any atom is 0.327 e. The van der Waals surface area contributed by atoms with E-state index >= 15 is 0 Å². The molecule has 0 aromatic heterocycles. The van der Waals surface area contributed by atoms with E-state index in [-0.39, 0.29) is 12.1 Å². The molecule has 27 heavy (non-hydrogen) atoms. The third-order valence-electron chi connectivity index (χ3n) is 5.49. The first-order valence-corrected chi connectivity index (χ1v) is 9.85. The number of nitrogens with two attached hydrogens (primary N) is 1. The molecule has 0 saturated carbocycles. The van der Waals surface area contributed by atoms with Crippen molar-refractivity contribution in [3.8, 4) is 0 Å². The fourth-order valence-corrected chi connectivity index (χ4v) is 3.96. The standard InChI is InChI=1S/C23H30N2O2/c1-17-13-14-21(25(17)16-19-9-5-3-6-10-19)15-18(2)27-23(26)22(24)20-11-7-4-8-12-20/h3-12,17-18,21-22H,13-16,24H2,1-2H3. The highest BCUT2D eigenvalue weighted by atomic mass is 16.5. The van der Waals surface area contributed by atoms with Gasteiger partial charge < -0.3 is 10.5 Å². The lowest BCUT2D eigenvalue weighted by atomic mass is 10.1. The van der Waals surface area contributed by atoms with E-state index in [9.17, 15) is 4.79 Å². The lowest BCUT2D eigenvalue weighted by Gasteiger charge is -2.30. The predicted molar refractivity (Wildman–Crippen MR) is 108 cm³/mol. The Hall–Kier alpha value is -2.17. The number of rotatable bonds is 7. The van der Waals surface area contributed by atoms with Crippen molar-refractivity contribution in [2.45, 2.75) is 63.9 Å². The molecular weight excluding hydrogens is 336 g/mol. The molecule has 2 aromatic rings. The Morgan fingerprint density at radius 2 is 1.74 bits per heavy atom. The molecule has 144 valence electrons. The van der Waals surface area contributed by atoms with Gasteiger partial charge in [-0.2, -0.15) is 0 Å². The molecule has 2 N–H and O–H groups in total. The average molecular weight is 367 g/mol. The van der Waals surface area contributed by atoms with Gasteiger partial charge in [-0.25, -0.2) is 4.79 Å². The Morgan fingerprint density at radius 3 is 2.41 bits per heavy atom. The van der Waals surface area contributed by atoms with Gasteiger partial charge in [0.1, 0.15) is 12.1 Å². The second-order valence-corrected chi connectivity index (χ2v) is 7.61. The Bertz CT molecular complexity index is 720. The minimum absolute atomic E-state index is 0.152. The maximum absolute atomic E-state index is 12.4. The highest BCUT2D eigenvalue weighted by molar-refractivity contribution is 5.77. The van der Waals surface area contributed by atoms with E-state index in [1.54, 1.807) is 0 Å². The quantitative estimate of drug-likeness (QED) is 0.751. The number of nitrogens with zero attached hydrogens (tertiary/aromatic N) is 1. The van der Waals surface area contributed by atoms with Gasteiger partial charge in [-0.1, -0.05) is 60.7 Å². The zero-order valence-electron chi connectivity index (χ0n) is 16.3. The van der Waals surface area contributed by atoms with Crippen LogP contribution in [0, 0.1) is 0 Å². The number of esters is 1. The number of hydrogen-bond donors (Lipinski definition) is 1. The van der Waals surface area contributed by atoms with E-state index in [1.165, 1.54) is 12.0 Å². The molecule has 1 fully saturated rings. The first-order valence-electron chi connectivity index (χ1n) is 9.85. The van der Waals surface area contributed by atoms with Crippen LogP contribution in [-0.4, -0.2) is 29.1 Å². The number of carbonyl (C=O) groups is 1. The smallest absolute Gasteiger partial charge is 0.327 e. The fraction of sp³-hybridized carbons (Fsp3) is 0.435. The summed E-state index contributed by atoms with van der Waals surface area (Å²) in [4.78, 5) is 14.9. The van der Waals surface area contributed by atoms with Crippen LogP contribution in [0.5, 0.6) is 0 Å². The van der Waals surface area contributed by atoms with Crippen molar-refractivity contribution in [2.75, 3.05) is 0 Å². The van der Waals surface area contributed by atoms with E-state index in [0.29, 0.717) is 12.1 Å². The van der Waals surface area contributed by atoms with Gasteiger partial charge in [0.25, 0.3) is 0 Å². The van der Waals surface area contributed by atoms with Crippen LogP contribution in [0.1, 0.15) is 50.3 Å². The molecule has 4 nitrogen and oxygen atoms in total. The lowest BCUT2D eigenvalue weighted by Crippen LogP contribution is -2.37. The molecule has 2 aromatic carbocycles. The third kappa shape index (κ3) is 5.18. The first kappa shape index (κ1) is 19.6. The lowest BCUT2D eigenvalue weighted by molar-refractivity contribution is -0.150. The molecule has 1 heterocycles. The maximum atomic E-state index is 12.4. The van der Waals surface area contributed by atoms with Gasteiger partial charge in [0.2, 0.25) is 0 Å². The highest BCUT2D eigenvalue weighted by Crippen LogP contribution is 2.29. The van der Waals surface area contributed by atoms with E-state index in [4.69, 9.17) is 10.5 Å². The SMILES string of the molecule is CC(CC1CCC(C)N1Cc1ccccc1)OC(=O)C(N)c1ccccc1. The van der Waals surface area contributed by atoms with Gasteiger partial charge in [-0.15, -0.1) is 0 Å². The summed E-state index contributed by atoms with van der Waals surface area (Å²) in [5.74, 6) is -0.352. The van der Waals surface area contributed by atoms with Crippen LogP contribution in [0.3, 0.4) is 0 Å². The molecule has 4 heteroatoms. The minimum Gasteiger partial charge on any atom is -0.461 e. The summed E-state index contributed by atoms with van der Waals surface area (Å²) < 4.78 is 5.67. The molecule has 1 aliphatic heterocycles. The van der Waals surface area contributed by atoms with Crippen LogP contribution in [-0.2, 0) is 16.1 Å². The second kappa shape index (κ2) is 9.16. The molecule has 0 amide bonds. The van der Waals surface area contributed by atoms with Gasteiger partial charge >= 0.3 is 5.97 Å². The zero-order valence-corrected chi connectivity index (χ0v) is 16.3. The molecule has 0 aliphatic carbocycles. The highest BCUT2D eigenvalue weighted by Gasteiger charge is 2.32. The van der Waals surface area contributed by atoms with Crippen LogP contribution in [0.2, 0.25) is 0 Å². The van der Waals surface area contributed by atoms with Gasteiger partial charge in [0, 0.05) is 18.6 Å². The van der Waals surface area contributed by atoms with Gasteiger partial charge in [0.05, 0.1) is 0 Å². The summed E-state index contributed by atoms with van der Waals surface area (Å²) in [5.41, 5.74) is 8.17. The van der Waals surface area contributed by atoms with Crippen LogP contribution in [0.25, 0.3) is 0 Å². The van der Waals surface area contributed by atoms with Crippen molar-refractivity contribution >= 4 is 5.97 Å². The van der Waals surface area contributed by atoms with E-state index in [0.717, 1.165) is 24.9 Å². The summed E-state index contributed by atoms with van der Waals surface area (Å²) in [6.45, 7) is 5.20. The minimum atomic E-state index is -0.725. The molecule has 3 rings (SSSR count). The molecule has 1 aliphatic rings. The number of ether oxygens (including phenoxy) is 1. The Kier molecular flexibility index (Phi) is 6.64. The molecule has 4 unspecified atom stereocenters. The summed E-state index contributed by atoms with van der Waals surface area (Å²) in [5, 5.41) is 0. The average Bonchev–Trinajstić information content (AvgIpc) is 3.02. The number of carbonyl (C=O) groups excluding carboxylic acids is 1. The summed E-state index contributed by atoms with van der Waals surface area (Å²) in [6, 6.07) is 20.2. The predicted octanol–water partition coefficient (Wildman–Crippen LogP) is 4.06. The van der Waals surface area contributed by atoms with Gasteiger partial charge in [-0.3, -0.25) is 4.90 Å². The third-order valence-corrected chi connectivity index (χ3v) is 5.49. The summed E-state index contributed by atoms with van der Waals surface area (Å²) in [7, 11) is 0. The first-order chi connectivity index (χ1) is 13.0. The number of benzene rings is 2. The van der Waals surface area contributed by atoms with Crippen molar-refractivity contribution in [2.24, 2.45) is 5.73 Å². The Labute approximate surface area is 162 Å². The Balaban J connectivity index is 1.56. The van der Waals surface area contributed by atoms with Crippen LogP contribution < -0.4 is 5.73 Å². The van der Waals surface area contributed by atoms with Crippen molar-refractivity contribution in [3.05, 3.63) is 71.8 Å². The Morgan fingerprint density at radius 1 is 1.11 bits per heavy atom. The summed E-state index contributed by atoms with van der Waals surface area (Å²) in [6.07, 6.45) is 3.01. The number of likely N-dealkylation sites (tertiary alicyclic amines) is 1. The van der Waals surface area contributed by atoms with Crippen LogP contribution in [0.4, 0.5) is 0 Å². The molecule has 0 spiro atoms. The van der Waals surface area contributed by atoms with E-state index in [2.05, 4.69) is 36.1 Å². The second-order valence-electron chi connectivity index (χ2n) is 7.61. The fourth-order valence-electron chi connectivity index (χ4n) is 3.96. The van der Waals surface area contributed by atoms with Crippen molar-refractivity contribution in [3.63, 3.8) is 0 Å².